The third kappa shape index (κ3) is 3.19. The van der Waals surface area contributed by atoms with Gasteiger partial charge in [-0.1, -0.05) is 12.1 Å². The predicted octanol–water partition coefficient (Wildman–Crippen LogP) is 2.50. The van der Waals surface area contributed by atoms with Crippen molar-refractivity contribution in [3.63, 3.8) is 0 Å². The zero-order valence-electron chi connectivity index (χ0n) is 10.7. The van der Waals surface area contributed by atoms with Gasteiger partial charge in [-0.3, -0.25) is 0 Å². The van der Waals surface area contributed by atoms with E-state index in [1.54, 1.807) is 6.07 Å². The number of benzene rings is 1. The van der Waals surface area contributed by atoms with Gasteiger partial charge in [0.15, 0.2) is 0 Å². The standard InChI is InChI=1S/C13H16F3NO2/c1-9-7-12(18,8-17(9)2)10-4-3-5-11(6-10)19-13(14,15)16/h3-6,9,18H,7-8H2,1-2H3. The van der Waals surface area contributed by atoms with Gasteiger partial charge in [0.1, 0.15) is 11.4 Å². The molecule has 19 heavy (non-hydrogen) atoms. The minimum Gasteiger partial charge on any atom is -0.406 e. The number of rotatable bonds is 2. The molecule has 1 N–H and O–H groups in total. The highest BCUT2D eigenvalue weighted by Crippen LogP contribution is 2.36. The lowest BCUT2D eigenvalue weighted by atomic mass is 9.91. The first kappa shape index (κ1) is 14.1. The van der Waals surface area contributed by atoms with Gasteiger partial charge in [0, 0.05) is 12.6 Å². The Morgan fingerprint density at radius 1 is 1.42 bits per heavy atom. The summed E-state index contributed by atoms with van der Waals surface area (Å²) in [4.78, 5) is 1.97. The summed E-state index contributed by atoms with van der Waals surface area (Å²) in [5.41, 5.74) is -0.676. The summed E-state index contributed by atoms with van der Waals surface area (Å²) in [6, 6.07) is 5.73. The number of ether oxygens (including phenoxy) is 1. The smallest absolute Gasteiger partial charge is 0.406 e. The van der Waals surface area contributed by atoms with Crippen LogP contribution in [0.3, 0.4) is 0 Å². The van der Waals surface area contributed by atoms with Crippen molar-refractivity contribution in [2.45, 2.75) is 31.3 Å². The highest BCUT2D eigenvalue weighted by Gasteiger charge is 2.40. The maximum Gasteiger partial charge on any atom is 0.573 e. The molecule has 0 radical (unpaired) electrons. The van der Waals surface area contributed by atoms with Crippen molar-refractivity contribution in [3.8, 4) is 5.75 Å². The Kier molecular flexibility index (Phi) is 3.49. The van der Waals surface area contributed by atoms with Gasteiger partial charge in [0.2, 0.25) is 0 Å². The van der Waals surface area contributed by atoms with Gasteiger partial charge in [-0.15, -0.1) is 13.2 Å². The van der Waals surface area contributed by atoms with Crippen LogP contribution in [0.25, 0.3) is 0 Å². The molecule has 6 heteroatoms. The molecule has 1 fully saturated rings. The monoisotopic (exact) mass is 275 g/mol. The molecule has 1 saturated heterocycles. The van der Waals surface area contributed by atoms with Gasteiger partial charge in [0.05, 0.1) is 0 Å². The summed E-state index contributed by atoms with van der Waals surface area (Å²) in [6.45, 7) is 2.36. The molecule has 1 aliphatic heterocycles. The third-order valence-corrected chi connectivity index (χ3v) is 3.50. The van der Waals surface area contributed by atoms with Crippen molar-refractivity contribution in [1.29, 1.82) is 0 Å². The molecule has 1 aliphatic rings. The predicted molar refractivity (Wildman–Crippen MR) is 63.7 cm³/mol. The van der Waals surface area contributed by atoms with Crippen molar-refractivity contribution in [2.24, 2.45) is 0 Å². The number of alkyl halides is 3. The first-order valence-electron chi connectivity index (χ1n) is 5.98. The second kappa shape index (κ2) is 4.68. The fraction of sp³-hybridized carbons (Fsp3) is 0.538. The quantitative estimate of drug-likeness (QED) is 0.900. The fourth-order valence-corrected chi connectivity index (χ4v) is 2.47. The Morgan fingerprint density at radius 3 is 2.63 bits per heavy atom. The Hall–Kier alpha value is -1.27. The molecule has 1 aromatic rings. The van der Waals surface area contributed by atoms with E-state index >= 15 is 0 Å². The maximum atomic E-state index is 12.2. The highest BCUT2D eigenvalue weighted by atomic mass is 19.4. The molecule has 3 nitrogen and oxygen atoms in total. The Morgan fingerprint density at radius 2 is 2.11 bits per heavy atom. The molecule has 0 aliphatic carbocycles. The molecule has 0 amide bonds. The largest absolute Gasteiger partial charge is 0.573 e. The number of hydrogen-bond acceptors (Lipinski definition) is 3. The van der Waals surface area contributed by atoms with E-state index in [1.165, 1.54) is 18.2 Å². The second-order valence-electron chi connectivity index (χ2n) is 5.08. The van der Waals surface area contributed by atoms with Crippen molar-refractivity contribution >= 4 is 0 Å². The van der Waals surface area contributed by atoms with Crippen LogP contribution in [0.2, 0.25) is 0 Å². The zero-order chi connectivity index (χ0) is 14.3. The van der Waals surface area contributed by atoms with Crippen LogP contribution >= 0.6 is 0 Å². The molecule has 0 saturated carbocycles. The number of hydrogen-bond donors (Lipinski definition) is 1. The summed E-state index contributed by atoms with van der Waals surface area (Å²) in [7, 11) is 1.87. The first-order valence-corrected chi connectivity index (χ1v) is 5.98. The van der Waals surface area contributed by atoms with Gasteiger partial charge in [-0.2, -0.15) is 0 Å². The second-order valence-corrected chi connectivity index (χ2v) is 5.08. The van der Waals surface area contributed by atoms with Crippen LogP contribution in [-0.4, -0.2) is 36.0 Å². The van der Waals surface area contributed by atoms with Crippen LogP contribution in [-0.2, 0) is 5.60 Å². The third-order valence-electron chi connectivity index (χ3n) is 3.50. The zero-order valence-corrected chi connectivity index (χ0v) is 10.7. The van der Waals surface area contributed by atoms with E-state index in [9.17, 15) is 18.3 Å². The van der Waals surface area contributed by atoms with Crippen LogP contribution in [0.1, 0.15) is 18.9 Å². The number of halogens is 3. The molecule has 2 atom stereocenters. The average Bonchev–Trinajstić information content (AvgIpc) is 2.52. The van der Waals surface area contributed by atoms with Crippen molar-refractivity contribution in [1.82, 2.24) is 4.90 Å². The van der Waals surface area contributed by atoms with Gasteiger partial charge >= 0.3 is 6.36 Å². The lowest BCUT2D eigenvalue weighted by Crippen LogP contribution is -2.29. The number of likely N-dealkylation sites (N-methyl/N-ethyl adjacent to an activating group) is 1. The topological polar surface area (TPSA) is 32.7 Å². The van der Waals surface area contributed by atoms with E-state index in [-0.39, 0.29) is 11.8 Å². The van der Waals surface area contributed by atoms with E-state index in [0.717, 1.165) is 0 Å². The lowest BCUT2D eigenvalue weighted by molar-refractivity contribution is -0.274. The van der Waals surface area contributed by atoms with E-state index < -0.39 is 12.0 Å². The molecule has 2 unspecified atom stereocenters. The van der Waals surface area contributed by atoms with E-state index in [2.05, 4.69) is 4.74 Å². The Labute approximate surface area is 109 Å². The van der Waals surface area contributed by atoms with Crippen LogP contribution < -0.4 is 4.74 Å². The number of likely N-dealkylation sites (tertiary alicyclic amines) is 1. The minimum absolute atomic E-state index is 0.178. The molecule has 0 bridgehead atoms. The van der Waals surface area contributed by atoms with Gasteiger partial charge < -0.3 is 14.7 Å². The van der Waals surface area contributed by atoms with Gasteiger partial charge in [-0.25, -0.2) is 0 Å². The number of aliphatic hydroxyl groups is 1. The average molecular weight is 275 g/mol. The summed E-state index contributed by atoms with van der Waals surface area (Å²) >= 11 is 0. The van der Waals surface area contributed by atoms with Crippen LogP contribution in [0, 0.1) is 0 Å². The lowest BCUT2D eigenvalue weighted by Gasteiger charge is -2.23. The Bertz CT molecular complexity index is 451. The first-order chi connectivity index (χ1) is 8.70. The number of β-amino-alcohol motifs (C(OH)–C–C–N with tert-alkyl or cyclic N) is 1. The van der Waals surface area contributed by atoms with E-state index in [4.69, 9.17) is 0 Å². The van der Waals surface area contributed by atoms with Crippen molar-refractivity contribution < 1.29 is 23.0 Å². The van der Waals surface area contributed by atoms with Crippen LogP contribution in [0.5, 0.6) is 5.75 Å². The molecule has 0 aromatic heterocycles. The van der Waals surface area contributed by atoms with E-state index in [0.29, 0.717) is 18.5 Å². The van der Waals surface area contributed by atoms with Gasteiger partial charge in [0.25, 0.3) is 0 Å². The highest BCUT2D eigenvalue weighted by molar-refractivity contribution is 5.33. The molecular weight excluding hydrogens is 259 g/mol. The van der Waals surface area contributed by atoms with Crippen molar-refractivity contribution in [3.05, 3.63) is 29.8 Å². The van der Waals surface area contributed by atoms with E-state index in [1.807, 2.05) is 18.9 Å². The van der Waals surface area contributed by atoms with Gasteiger partial charge in [-0.05, 0) is 38.1 Å². The molecule has 0 spiro atoms. The molecule has 1 aromatic carbocycles. The van der Waals surface area contributed by atoms with Crippen LogP contribution in [0.15, 0.2) is 24.3 Å². The summed E-state index contributed by atoms with van der Waals surface area (Å²) in [6.07, 6.45) is -4.24. The summed E-state index contributed by atoms with van der Waals surface area (Å²) in [5.74, 6) is -0.305. The molecule has 1 heterocycles. The molecular formula is C13H16F3NO2. The molecule has 106 valence electrons. The summed E-state index contributed by atoms with van der Waals surface area (Å²) in [5, 5.41) is 10.5. The maximum absolute atomic E-state index is 12.2. The molecule has 2 rings (SSSR count). The number of nitrogens with zero attached hydrogens (tertiary/aromatic N) is 1. The normalized spacial score (nSPS) is 28.6. The SMILES string of the molecule is CC1CC(O)(c2cccc(OC(F)(F)F)c2)CN1C. The minimum atomic E-state index is -4.72. The van der Waals surface area contributed by atoms with Crippen LogP contribution in [0.4, 0.5) is 13.2 Å². The fourth-order valence-electron chi connectivity index (χ4n) is 2.47. The Balaban J connectivity index is 2.24. The summed E-state index contributed by atoms with van der Waals surface area (Å²) < 4.78 is 40.4. The van der Waals surface area contributed by atoms with Crippen molar-refractivity contribution in [2.75, 3.05) is 13.6 Å².